The maximum absolute atomic E-state index is 12.9. The van der Waals surface area contributed by atoms with Gasteiger partial charge >= 0.3 is 0 Å². The van der Waals surface area contributed by atoms with Crippen LogP contribution in [0.15, 0.2) is 65.7 Å². The Morgan fingerprint density at radius 2 is 1.83 bits per heavy atom. The first-order chi connectivity index (χ1) is 14.2. The number of H-pyrrole nitrogens is 1. The molecule has 0 unspecified atom stereocenters. The van der Waals surface area contributed by atoms with Crippen molar-refractivity contribution < 1.29 is 4.79 Å². The van der Waals surface area contributed by atoms with E-state index < -0.39 is 5.56 Å². The molecule has 144 valence electrons. The van der Waals surface area contributed by atoms with Gasteiger partial charge in [0.1, 0.15) is 11.3 Å². The lowest BCUT2D eigenvalue weighted by Crippen LogP contribution is -2.45. The summed E-state index contributed by atoms with van der Waals surface area (Å²) >= 11 is 0. The molecule has 0 atom stereocenters. The smallest absolute Gasteiger partial charge is 0.264 e. The molecule has 0 radical (unpaired) electrons. The second-order valence-electron chi connectivity index (χ2n) is 7.56. The molecule has 6 nitrogen and oxygen atoms in total. The van der Waals surface area contributed by atoms with E-state index in [4.69, 9.17) is 0 Å². The van der Waals surface area contributed by atoms with Crippen LogP contribution in [0.5, 0.6) is 0 Å². The van der Waals surface area contributed by atoms with Crippen LogP contribution in [0.2, 0.25) is 0 Å². The molecule has 1 aliphatic heterocycles. The molecule has 1 spiro atoms. The molecule has 29 heavy (non-hydrogen) atoms. The molecule has 1 aromatic carbocycles. The van der Waals surface area contributed by atoms with E-state index in [1.54, 1.807) is 23.2 Å². The van der Waals surface area contributed by atoms with Gasteiger partial charge < -0.3 is 9.88 Å². The van der Waals surface area contributed by atoms with Crippen molar-refractivity contribution in [3.8, 4) is 11.5 Å². The fourth-order valence-corrected chi connectivity index (χ4v) is 4.33. The first-order valence-corrected chi connectivity index (χ1v) is 9.75. The van der Waals surface area contributed by atoms with E-state index in [9.17, 15) is 9.59 Å². The van der Waals surface area contributed by atoms with Crippen LogP contribution in [-0.2, 0) is 5.41 Å². The van der Waals surface area contributed by atoms with Gasteiger partial charge in [0.15, 0.2) is 5.82 Å². The standard InChI is InChI=1S/C23H20N4O2/c28-21-17(15-25-20(26-21)19-7-3-4-12-24-19)22(29)27-13-10-23(11-14-27)9-8-16-5-1-2-6-18(16)23/h1-9,12,15H,10-11,13-14H2,(H,25,26,28). The number of piperidine rings is 1. The topological polar surface area (TPSA) is 79.0 Å². The monoisotopic (exact) mass is 384 g/mol. The molecule has 1 fully saturated rings. The summed E-state index contributed by atoms with van der Waals surface area (Å²) in [4.78, 5) is 38.3. The molecule has 2 aliphatic rings. The zero-order valence-electron chi connectivity index (χ0n) is 15.8. The SMILES string of the molecule is O=C(c1cnc(-c2ccccn2)[nH]c1=O)N1CCC2(C=Cc3ccccc32)CC1. The predicted molar refractivity (Wildman–Crippen MR) is 110 cm³/mol. The maximum atomic E-state index is 12.9. The number of aromatic amines is 1. The van der Waals surface area contributed by atoms with Gasteiger partial charge in [-0.15, -0.1) is 0 Å². The lowest BCUT2D eigenvalue weighted by molar-refractivity contribution is 0.0688. The fourth-order valence-electron chi connectivity index (χ4n) is 4.33. The Bertz CT molecular complexity index is 1160. The normalized spacial score (nSPS) is 16.8. The van der Waals surface area contributed by atoms with Gasteiger partial charge in [0.2, 0.25) is 0 Å². The molecule has 1 saturated heterocycles. The van der Waals surface area contributed by atoms with Gasteiger partial charge in [-0.2, -0.15) is 0 Å². The van der Waals surface area contributed by atoms with Crippen LogP contribution >= 0.6 is 0 Å². The molecule has 0 bridgehead atoms. The Labute approximate surface area is 168 Å². The highest BCUT2D eigenvalue weighted by molar-refractivity contribution is 5.93. The molecule has 6 heteroatoms. The van der Waals surface area contributed by atoms with E-state index in [-0.39, 0.29) is 16.9 Å². The third-order valence-corrected chi connectivity index (χ3v) is 5.96. The van der Waals surface area contributed by atoms with Gasteiger partial charge in [-0.3, -0.25) is 14.6 Å². The third-order valence-electron chi connectivity index (χ3n) is 5.96. The second kappa shape index (κ2) is 6.81. The van der Waals surface area contributed by atoms with Crippen molar-refractivity contribution in [2.75, 3.05) is 13.1 Å². The first-order valence-electron chi connectivity index (χ1n) is 9.75. The molecule has 1 amide bonds. The number of benzene rings is 1. The van der Waals surface area contributed by atoms with Crippen LogP contribution in [0.1, 0.15) is 34.3 Å². The molecular weight excluding hydrogens is 364 g/mol. The number of likely N-dealkylation sites (tertiary alicyclic amines) is 1. The molecule has 0 saturated carbocycles. The van der Waals surface area contributed by atoms with E-state index in [2.05, 4.69) is 51.4 Å². The molecule has 2 aromatic heterocycles. The number of fused-ring (bicyclic) bond motifs is 2. The number of aromatic nitrogens is 3. The maximum Gasteiger partial charge on any atom is 0.264 e. The van der Waals surface area contributed by atoms with Crippen molar-refractivity contribution in [3.63, 3.8) is 0 Å². The molecule has 1 N–H and O–H groups in total. The summed E-state index contributed by atoms with van der Waals surface area (Å²) in [5, 5.41) is 0. The molecule has 3 aromatic rings. The summed E-state index contributed by atoms with van der Waals surface area (Å²) in [7, 11) is 0. The minimum Gasteiger partial charge on any atom is -0.338 e. The Balaban J connectivity index is 1.34. The Hall–Kier alpha value is -3.54. The minimum atomic E-state index is -0.433. The summed E-state index contributed by atoms with van der Waals surface area (Å²) < 4.78 is 0. The van der Waals surface area contributed by atoms with E-state index in [1.807, 2.05) is 6.07 Å². The van der Waals surface area contributed by atoms with Gasteiger partial charge in [0.25, 0.3) is 11.5 Å². The number of hydrogen-bond donors (Lipinski definition) is 1. The van der Waals surface area contributed by atoms with Gasteiger partial charge in [0.05, 0.1) is 0 Å². The number of carbonyl (C=O) groups is 1. The van der Waals surface area contributed by atoms with Crippen LogP contribution in [0, 0.1) is 0 Å². The van der Waals surface area contributed by atoms with E-state index in [1.165, 1.54) is 17.3 Å². The summed E-state index contributed by atoms with van der Waals surface area (Å²) in [6, 6.07) is 13.8. The van der Waals surface area contributed by atoms with Gasteiger partial charge in [-0.05, 0) is 36.1 Å². The first kappa shape index (κ1) is 17.6. The summed E-state index contributed by atoms with van der Waals surface area (Å²) in [6.45, 7) is 1.22. The van der Waals surface area contributed by atoms with Crippen LogP contribution < -0.4 is 5.56 Å². The summed E-state index contributed by atoms with van der Waals surface area (Å²) in [6.07, 6.45) is 9.15. The molecule has 1 aliphatic carbocycles. The largest absolute Gasteiger partial charge is 0.338 e. The lowest BCUT2D eigenvalue weighted by Gasteiger charge is -2.39. The molecule has 5 rings (SSSR count). The van der Waals surface area contributed by atoms with E-state index in [0.29, 0.717) is 24.6 Å². The molecular formula is C23H20N4O2. The zero-order valence-corrected chi connectivity index (χ0v) is 15.8. The van der Waals surface area contributed by atoms with Gasteiger partial charge in [0, 0.05) is 30.9 Å². The van der Waals surface area contributed by atoms with Gasteiger partial charge in [-0.25, -0.2) is 4.98 Å². The van der Waals surface area contributed by atoms with Crippen LogP contribution in [0.4, 0.5) is 0 Å². The predicted octanol–water partition coefficient (Wildman–Crippen LogP) is 3.03. The van der Waals surface area contributed by atoms with Crippen molar-refractivity contribution in [3.05, 3.63) is 88.0 Å². The number of carbonyl (C=O) groups excluding carboxylic acids is 1. The van der Waals surface area contributed by atoms with Crippen molar-refractivity contribution in [2.24, 2.45) is 0 Å². The minimum absolute atomic E-state index is 0.000872. The summed E-state index contributed by atoms with van der Waals surface area (Å²) in [5.41, 5.74) is 2.81. The van der Waals surface area contributed by atoms with Crippen molar-refractivity contribution >= 4 is 12.0 Å². The highest BCUT2D eigenvalue weighted by Crippen LogP contribution is 2.43. The highest BCUT2D eigenvalue weighted by atomic mass is 16.2. The average molecular weight is 384 g/mol. The van der Waals surface area contributed by atoms with Crippen LogP contribution in [0.3, 0.4) is 0 Å². The van der Waals surface area contributed by atoms with Crippen LogP contribution in [0.25, 0.3) is 17.6 Å². The number of allylic oxidation sites excluding steroid dienone is 1. The lowest BCUT2D eigenvalue weighted by atomic mass is 9.74. The number of nitrogens with one attached hydrogen (secondary N) is 1. The Morgan fingerprint density at radius 1 is 1.03 bits per heavy atom. The number of hydrogen-bond acceptors (Lipinski definition) is 4. The Kier molecular flexibility index (Phi) is 4.12. The number of rotatable bonds is 2. The van der Waals surface area contributed by atoms with Crippen molar-refractivity contribution in [1.82, 2.24) is 19.9 Å². The van der Waals surface area contributed by atoms with E-state index >= 15 is 0 Å². The Morgan fingerprint density at radius 3 is 2.59 bits per heavy atom. The molecule has 3 heterocycles. The van der Waals surface area contributed by atoms with Crippen LogP contribution in [-0.4, -0.2) is 38.8 Å². The quantitative estimate of drug-likeness (QED) is 0.737. The second-order valence-corrected chi connectivity index (χ2v) is 7.56. The zero-order chi connectivity index (χ0) is 19.8. The number of amides is 1. The van der Waals surface area contributed by atoms with Crippen molar-refractivity contribution in [1.29, 1.82) is 0 Å². The van der Waals surface area contributed by atoms with E-state index in [0.717, 1.165) is 12.8 Å². The highest BCUT2D eigenvalue weighted by Gasteiger charge is 2.39. The average Bonchev–Trinajstić information content (AvgIpc) is 3.13. The van der Waals surface area contributed by atoms with Gasteiger partial charge in [-0.1, -0.05) is 42.5 Å². The van der Waals surface area contributed by atoms with Crippen molar-refractivity contribution in [2.45, 2.75) is 18.3 Å². The number of pyridine rings is 1. The number of nitrogens with zero attached hydrogens (tertiary/aromatic N) is 3. The fraction of sp³-hybridized carbons (Fsp3) is 0.217. The summed E-state index contributed by atoms with van der Waals surface area (Å²) in [5.74, 6) is 0.0916. The third kappa shape index (κ3) is 2.97.